The Balaban J connectivity index is 1.38. The molecule has 0 N–H and O–H groups in total. The van der Waals surface area contributed by atoms with Crippen molar-refractivity contribution in [3.8, 4) is 27.7 Å². The number of piperidine rings is 1. The van der Waals surface area contributed by atoms with Crippen molar-refractivity contribution in [2.75, 3.05) is 37.7 Å². The number of benzene rings is 3. The molecule has 0 spiro atoms. The highest BCUT2D eigenvalue weighted by Gasteiger charge is 2.19. The summed E-state index contributed by atoms with van der Waals surface area (Å²) in [7, 11) is -7.34. The molecule has 47 heavy (non-hydrogen) atoms. The second-order valence-corrected chi connectivity index (χ2v) is 16.5. The van der Waals surface area contributed by atoms with Gasteiger partial charge in [-0.05, 0) is 122 Å². The Bertz CT molecular complexity index is 1810. The number of thiophene rings is 1. The number of fused-ring (bicyclic) bond motifs is 1. The molecular formula is C36H45NO7S3. The predicted octanol–water partition coefficient (Wildman–Crippen LogP) is 8.04. The highest BCUT2D eigenvalue weighted by molar-refractivity contribution is 7.87. The molecule has 1 aliphatic rings. The SMILES string of the molecule is CCCCS(=O)(=O)Oc1ccc(-c2sc3cc(OS(=O)(=O)CCCC)ccc3c2Cc2ccc(OCCN3CCCCC3)cc2)cc1. The van der Waals surface area contributed by atoms with E-state index in [1.807, 2.05) is 44.2 Å². The summed E-state index contributed by atoms with van der Waals surface area (Å²) in [6.45, 7) is 7.78. The first-order chi connectivity index (χ1) is 22.6. The summed E-state index contributed by atoms with van der Waals surface area (Å²) in [5.41, 5.74) is 3.11. The van der Waals surface area contributed by atoms with Crippen molar-refractivity contribution in [2.24, 2.45) is 0 Å². The first kappa shape index (κ1) is 35.2. The zero-order chi connectivity index (χ0) is 33.3. The molecule has 4 aromatic rings. The van der Waals surface area contributed by atoms with Gasteiger partial charge in [-0.3, -0.25) is 4.90 Å². The molecule has 0 atom stereocenters. The normalized spacial score (nSPS) is 14.3. The molecule has 11 heteroatoms. The Morgan fingerprint density at radius 3 is 1.96 bits per heavy atom. The van der Waals surface area contributed by atoms with Crippen LogP contribution in [0, 0.1) is 0 Å². The fourth-order valence-corrected chi connectivity index (χ4v) is 9.16. The van der Waals surface area contributed by atoms with Crippen LogP contribution < -0.4 is 13.1 Å². The number of hydrogen-bond donors (Lipinski definition) is 0. The maximum Gasteiger partial charge on any atom is 0.309 e. The van der Waals surface area contributed by atoms with Crippen LogP contribution in [0.25, 0.3) is 20.5 Å². The molecule has 1 saturated heterocycles. The number of hydrogen-bond acceptors (Lipinski definition) is 9. The molecule has 1 aliphatic heterocycles. The van der Waals surface area contributed by atoms with Gasteiger partial charge in [0.05, 0.1) is 11.5 Å². The van der Waals surface area contributed by atoms with Crippen LogP contribution in [0.2, 0.25) is 0 Å². The van der Waals surface area contributed by atoms with Crippen molar-refractivity contribution in [2.45, 2.75) is 65.2 Å². The highest BCUT2D eigenvalue weighted by Crippen LogP contribution is 2.42. The first-order valence-corrected chi connectivity index (χ1v) is 20.6. The van der Waals surface area contributed by atoms with E-state index >= 15 is 0 Å². The van der Waals surface area contributed by atoms with Crippen molar-refractivity contribution in [3.63, 3.8) is 0 Å². The molecule has 0 saturated carbocycles. The van der Waals surface area contributed by atoms with Crippen LogP contribution in [-0.2, 0) is 26.7 Å². The van der Waals surface area contributed by atoms with Crippen LogP contribution >= 0.6 is 11.3 Å². The van der Waals surface area contributed by atoms with E-state index in [9.17, 15) is 16.8 Å². The van der Waals surface area contributed by atoms with Crippen LogP contribution in [0.5, 0.6) is 17.2 Å². The second-order valence-electron chi connectivity index (χ2n) is 12.1. The van der Waals surface area contributed by atoms with E-state index in [1.54, 1.807) is 35.6 Å². The molecule has 254 valence electrons. The molecular weight excluding hydrogens is 655 g/mol. The Hall–Kier alpha value is -3.12. The number of nitrogens with zero attached hydrogens (tertiary/aromatic N) is 1. The van der Waals surface area contributed by atoms with Crippen molar-refractivity contribution >= 4 is 41.7 Å². The average Bonchev–Trinajstić information content (AvgIpc) is 3.41. The first-order valence-electron chi connectivity index (χ1n) is 16.6. The van der Waals surface area contributed by atoms with Crippen LogP contribution in [0.1, 0.15) is 69.9 Å². The maximum absolute atomic E-state index is 12.5. The van der Waals surface area contributed by atoms with Gasteiger partial charge in [0.1, 0.15) is 23.9 Å². The lowest BCUT2D eigenvalue weighted by molar-refractivity contribution is 0.183. The van der Waals surface area contributed by atoms with Crippen LogP contribution in [-0.4, -0.2) is 59.5 Å². The van der Waals surface area contributed by atoms with Crippen molar-refractivity contribution in [1.82, 2.24) is 4.90 Å². The molecule has 1 fully saturated rings. The largest absolute Gasteiger partial charge is 0.492 e. The molecule has 8 nitrogen and oxygen atoms in total. The molecule has 0 bridgehead atoms. The summed E-state index contributed by atoms with van der Waals surface area (Å²) in [5.74, 6) is 1.36. The Morgan fingerprint density at radius 2 is 1.32 bits per heavy atom. The van der Waals surface area contributed by atoms with E-state index in [0.29, 0.717) is 31.6 Å². The van der Waals surface area contributed by atoms with E-state index in [-0.39, 0.29) is 17.3 Å². The lowest BCUT2D eigenvalue weighted by atomic mass is 9.99. The Morgan fingerprint density at radius 1 is 0.723 bits per heavy atom. The highest BCUT2D eigenvalue weighted by atomic mass is 32.2. The van der Waals surface area contributed by atoms with Crippen molar-refractivity contribution in [1.29, 1.82) is 0 Å². The topological polar surface area (TPSA) is 99.2 Å². The number of likely N-dealkylation sites (tertiary alicyclic amines) is 1. The zero-order valence-electron chi connectivity index (χ0n) is 27.3. The molecule has 0 radical (unpaired) electrons. The quantitative estimate of drug-likeness (QED) is 0.102. The third-order valence-corrected chi connectivity index (χ3v) is 12.0. The molecule has 2 heterocycles. The monoisotopic (exact) mass is 699 g/mol. The zero-order valence-corrected chi connectivity index (χ0v) is 29.7. The second kappa shape index (κ2) is 16.3. The van der Waals surface area contributed by atoms with E-state index in [0.717, 1.165) is 69.9 Å². The molecule has 5 rings (SSSR count). The lowest BCUT2D eigenvalue weighted by Gasteiger charge is -2.26. The van der Waals surface area contributed by atoms with Crippen LogP contribution in [0.3, 0.4) is 0 Å². The van der Waals surface area contributed by atoms with Gasteiger partial charge in [-0.15, -0.1) is 11.3 Å². The van der Waals surface area contributed by atoms with Gasteiger partial charge in [-0.1, -0.05) is 45.2 Å². The third-order valence-electron chi connectivity index (χ3n) is 8.25. The van der Waals surface area contributed by atoms with Gasteiger partial charge in [-0.2, -0.15) is 16.8 Å². The number of unbranched alkanes of at least 4 members (excludes halogenated alkanes) is 2. The molecule has 0 aliphatic carbocycles. The molecule has 3 aromatic carbocycles. The van der Waals surface area contributed by atoms with Gasteiger partial charge in [-0.25, -0.2) is 0 Å². The third kappa shape index (κ3) is 10.2. The van der Waals surface area contributed by atoms with E-state index in [2.05, 4.69) is 17.0 Å². The summed E-state index contributed by atoms with van der Waals surface area (Å²) >= 11 is 1.55. The Kier molecular flexibility index (Phi) is 12.2. The minimum Gasteiger partial charge on any atom is -0.492 e. The van der Waals surface area contributed by atoms with Gasteiger partial charge in [0.15, 0.2) is 0 Å². The standard InChI is InChI=1S/C36H45NO7S3/c1-3-5-24-46(38,39)43-31-16-12-29(13-17-31)36-34(33-19-18-32(27-35(33)45-36)44-47(40,41)25-6-4-2)26-28-10-14-30(15-11-28)42-23-22-37-20-8-7-9-21-37/h10-19,27H,3-9,20-26H2,1-2H3. The Labute approximate surface area is 283 Å². The van der Waals surface area contributed by atoms with Crippen molar-refractivity contribution < 1.29 is 29.9 Å². The van der Waals surface area contributed by atoms with E-state index < -0.39 is 20.2 Å². The van der Waals surface area contributed by atoms with Gasteiger partial charge in [0.2, 0.25) is 0 Å². The molecule has 0 amide bonds. The fraction of sp³-hybridized carbons (Fsp3) is 0.444. The number of ether oxygens (including phenoxy) is 1. The molecule has 0 unspecified atom stereocenters. The van der Waals surface area contributed by atoms with Gasteiger partial charge in [0, 0.05) is 16.1 Å². The van der Waals surface area contributed by atoms with Gasteiger partial charge >= 0.3 is 20.2 Å². The summed E-state index contributed by atoms with van der Waals surface area (Å²) in [6, 6.07) is 20.7. The molecule has 1 aromatic heterocycles. The van der Waals surface area contributed by atoms with E-state index in [1.165, 1.54) is 19.3 Å². The van der Waals surface area contributed by atoms with E-state index in [4.69, 9.17) is 13.1 Å². The fourth-order valence-electron chi connectivity index (χ4n) is 5.65. The number of rotatable bonds is 17. The minimum absolute atomic E-state index is 0.0213. The van der Waals surface area contributed by atoms with Gasteiger partial charge < -0.3 is 13.1 Å². The summed E-state index contributed by atoms with van der Waals surface area (Å²) in [5, 5.41) is 1.01. The van der Waals surface area contributed by atoms with Crippen molar-refractivity contribution in [3.05, 3.63) is 77.9 Å². The van der Waals surface area contributed by atoms with Crippen LogP contribution in [0.4, 0.5) is 0 Å². The predicted molar refractivity (Wildman–Crippen MR) is 191 cm³/mol. The summed E-state index contributed by atoms with van der Waals surface area (Å²) in [4.78, 5) is 3.47. The summed E-state index contributed by atoms with van der Waals surface area (Å²) < 4.78 is 67.4. The minimum atomic E-state index is -3.69. The lowest BCUT2D eigenvalue weighted by Crippen LogP contribution is -2.33. The van der Waals surface area contributed by atoms with Crippen LogP contribution in [0.15, 0.2) is 66.7 Å². The smallest absolute Gasteiger partial charge is 0.309 e. The maximum atomic E-state index is 12.5. The summed E-state index contributed by atoms with van der Waals surface area (Å²) in [6.07, 6.45) is 7.10. The average molecular weight is 700 g/mol. The van der Waals surface area contributed by atoms with Gasteiger partial charge in [0.25, 0.3) is 0 Å².